The summed E-state index contributed by atoms with van der Waals surface area (Å²) in [4.78, 5) is 17.5. The normalized spacial score (nSPS) is 10.9. The number of halogens is 2. The van der Waals surface area contributed by atoms with Crippen LogP contribution >= 0.6 is 23.2 Å². The van der Waals surface area contributed by atoms with Crippen molar-refractivity contribution in [2.75, 3.05) is 11.9 Å². The molecule has 134 valence electrons. The van der Waals surface area contributed by atoms with Crippen molar-refractivity contribution in [3.05, 3.63) is 76.7 Å². The van der Waals surface area contributed by atoms with Crippen LogP contribution in [-0.4, -0.2) is 26.5 Å². The van der Waals surface area contributed by atoms with Crippen molar-refractivity contribution in [2.24, 2.45) is 0 Å². The van der Waals surface area contributed by atoms with E-state index in [1.54, 1.807) is 0 Å². The second kappa shape index (κ2) is 7.86. The van der Waals surface area contributed by atoms with Crippen molar-refractivity contribution in [1.29, 1.82) is 0 Å². The van der Waals surface area contributed by atoms with Gasteiger partial charge in [-0.05, 0) is 23.6 Å². The number of benzene rings is 2. The topological polar surface area (TPSA) is 63.6 Å². The van der Waals surface area contributed by atoms with Crippen LogP contribution in [0.3, 0.4) is 0 Å². The Balaban J connectivity index is 1.69. The first-order chi connectivity index (χ1) is 13.2. The van der Waals surface area contributed by atoms with Gasteiger partial charge in [0.25, 0.3) is 0 Å². The lowest BCUT2D eigenvalue weighted by molar-refractivity contribution is 1.00. The second-order valence-electron chi connectivity index (χ2n) is 5.90. The summed E-state index contributed by atoms with van der Waals surface area (Å²) in [7, 11) is 0. The van der Waals surface area contributed by atoms with E-state index >= 15 is 0 Å². The molecule has 0 unspecified atom stereocenters. The maximum atomic E-state index is 6.33. The van der Waals surface area contributed by atoms with Crippen LogP contribution < -0.4 is 5.32 Å². The molecule has 27 heavy (non-hydrogen) atoms. The fourth-order valence-electron chi connectivity index (χ4n) is 2.77. The molecule has 0 bridgehead atoms. The highest BCUT2D eigenvalue weighted by Crippen LogP contribution is 2.28. The number of aromatic nitrogens is 4. The molecular formula is C20H15Cl2N5. The highest BCUT2D eigenvalue weighted by Gasteiger charge is 2.15. The van der Waals surface area contributed by atoms with E-state index in [9.17, 15) is 0 Å². The fourth-order valence-corrected chi connectivity index (χ4v) is 3.17. The minimum atomic E-state index is 0.0996. The highest BCUT2D eigenvalue weighted by atomic mass is 35.5. The van der Waals surface area contributed by atoms with Crippen LogP contribution in [0.25, 0.3) is 22.4 Å². The predicted octanol–water partition coefficient (Wildman–Crippen LogP) is 5.05. The second-order valence-corrected chi connectivity index (χ2v) is 6.60. The molecule has 0 aliphatic carbocycles. The van der Waals surface area contributed by atoms with Crippen LogP contribution in [-0.2, 0) is 6.42 Å². The van der Waals surface area contributed by atoms with Gasteiger partial charge in [-0.15, -0.1) is 0 Å². The Morgan fingerprint density at radius 2 is 1.48 bits per heavy atom. The molecule has 1 N–H and O–H groups in total. The van der Waals surface area contributed by atoms with Gasteiger partial charge in [-0.1, -0.05) is 72.3 Å². The Bertz CT molecular complexity index is 1070. The lowest BCUT2D eigenvalue weighted by Gasteiger charge is -2.10. The van der Waals surface area contributed by atoms with E-state index in [2.05, 4.69) is 37.4 Å². The average Bonchev–Trinajstić information content (AvgIpc) is 2.69. The van der Waals surface area contributed by atoms with E-state index < -0.39 is 0 Å². The summed E-state index contributed by atoms with van der Waals surface area (Å²) in [5, 5.41) is 3.67. The molecule has 0 fully saturated rings. The molecule has 0 aliphatic heterocycles. The minimum absolute atomic E-state index is 0.0996. The lowest BCUT2D eigenvalue weighted by atomic mass is 10.1. The third-order valence-electron chi connectivity index (χ3n) is 4.06. The van der Waals surface area contributed by atoms with Gasteiger partial charge in [-0.3, -0.25) is 0 Å². The first kappa shape index (κ1) is 17.6. The van der Waals surface area contributed by atoms with E-state index in [0.29, 0.717) is 29.2 Å². The van der Waals surface area contributed by atoms with Crippen LogP contribution in [0.15, 0.2) is 60.7 Å². The number of nitrogens with zero attached hydrogens (tertiary/aromatic N) is 4. The number of fused-ring (bicyclic) bond motifs is 1. The number of rotatable bonds is 5. The van der Waals surface area contributed by atoms with Gasteiger partial charge in [0.05, 0.1) is 0 Å². The molecule has 7 heteroatoms. The molecule has 0 aliphatic rings. The Morgan fingerprint density at radius 1 is 0.778 bits per heavy atom. The summed E-state index contributed by atoms with van der Waals surface area (Å²) in [5.41, 5.74) is 3.59. The Labute approximate surface area is 166 Å². The van der Waals surface area contributed by atoms with E-state index in [4.69, 9.17) is 23.2 Å². The zero-order valence-electron chi connectivity index (χ0n) is 14.2. The summed E-state index contributed by atoms with van der Waals surface area (Å²) in [6.07, 6.45) is 0.844. The molecule has 0 radical (unpaired) electrons. The van der Waals surface area contributed by atoms with Gasteiger partial charge >= 0.3 is 0 Å². The molecule has 2 heterocycles. The summed E-state index contributed by atoms with van der Waals surface area (Å²) >= 11 is 12.4. The zero-order valence-corrected chi connectivity index (χ0v) is 15.7. The van der Waals surface area contributed by atoms with Crippen LogP contribution in [0.4, 0.5) is 5.82 Å². The molecule has 2 aromatic carbocycles. The molecular weight excluding hydrogens is 381 g/mol. The SMILES string of the molecule is Clc1nc(NCCc2ccccc2)c2nc(-c3ccccc3)c(Cl)nc2n1. The molecule has 0 amide bonds. The first-order valence-corrected chi connectivity index (χ1v) is 9.20. The molecule has 2 aromatic heterocycles. The van der Waals surface area contributed by atoms with E-state index in [0.717, 1.165) is 12.0 Å². The van der Waals surface area contributed by atoms with Crippen molar-refractivity contribution in [3.63, 3.8) is 0 Å². The first-order valence-electron chi connectivity index (χ1n) is 8.45. The molecule has 5 nitrogen and oxygen atoms in total. The van der Waals surface area contributed by atoms with Crippen molar-refractivity contribution in [3.8, 4) is 11.3 Å². The molecule has 0 saturated carbocycles. The van der Waals surface area contributed by atoms with Crippen molar-refractivity contribution < 1.29 is 0 Å². The number of hydrogen-bond donors (Lipinski definition) is 1. The smallest absolute Gasteiger partial charge is 0.226 e. The number of hydrogen-bond acceptors (Lipinski definition) is 5. The fraction of sp³-hybridized carbons (Fsp3) is 0.100. The van der Waals surface area contributed by atoms with Crippen LogP contribution in [0, 0.1) is 0 Å². The third kappa shape index (κ3) is 3.99. The van der Waals surface area contributed by atoms with Gasteiger partial charge in [-0.25, -0.2) is 9.97 Å². The summed E-state index contributed by atoms with van der Waals surface area (Å²) in [6.45, 7) is 0.678. The highest BCUT2D eigenvalue weighted by molar-refractivity contribution is 6.32. The quantitative estimate of drug-likeness (QED) is 0.479. The summed E-state index contributed by atoms with van der Waals surface area (Å²) < 4.78 is 0. The van der Waals surface area contributed by atoms with Crippen LogP contribution in [0.1, 0.15) is 5.56 Å². The molecule has 4 aromatic rings. The standard InChI is InChI=1S/C20H15Cl2N5/c21-17-15(14-9-5-2-6-10-14)24-16-18(26-20(22)27-19(16)25-17)23-12-11-13-7-3-1-4-8-13/h1-10H,11-12H2,(H,23,25,26,27). The summed E-state index contributed by atoms with van der Waals surface area (Å²) in [6, 6.07) is 19.9. The molecule has 0 atom stereocenters. The largest absolute Gasteiger partial charge is 0.368 e. The summed E-state index contributed by atoms with van der Waals surface area (Å²) in [5.74, 6) is 0.544. The Morgan fingerprint density at radius 3 is 2.22 bits per heavy atom. The maximum absolute atomic E-state index is 6.33. The van der Waals surface area contributed by atoms with Gasteiger partial charge in [0.1, 0.15) is 5.69 Å². The minimum Gasteiger partial charge on any atom is -0.368 e. The molecule has 0 saturated heterocycles. The van der Waals surface area contributed by atoms with Crippen LogP contribution in [0.2, 0.25) is 10.4 Å². The monoisotopic (exact) mass is 395 g/mol. The number of anilines is 1. The van der Waals surface area contributed by atoms with E-state index in [1.165, 1.54) is 5.56 Å². The van der Waals surface area contributed by atoms with Crippen molar-refractivity contribution >= 4 is 40.2 Å². The van der Waals surface area contributed by atoms with Gasteiger partial charge in [-0.2, -0.15) is 9.97 Å². The van der Waals surface area contributed by atoms with Crippen molar-refractivity contribution in [2.45, 2.75) is 6.42 Å². The Kier molecular flexibility index (Phi) is 5.14. The molecule has 4 rings (SSSR count). The van der Waals surface area contributed by atoms with Gasteiger partial charge in [0.15, 0.2) is 22.1 Å². The van der Waals surface area contributed by atoms with Gasteiger partial charge in [0, 0.05) is 12.1 Å². The van der Waals surface area contributed by atoms with Gasteiger partial charge < -0.3 is 5.32 Å². The number of nitrogens with one attached hydrogen (secondary N) is 1. The maximum Gasteiger partial charge on any atom is 0.226 e. The Hall–Kier alpha value is -2.76. The van der Waals surface area contributed by atoms with E-state index in [-0.39, 0.29) is 10.4 Å². The van der Waals surface area contributed by atoms with Crippen molar-refractivity contribution in [1.82, 2.24) is 19.9 Å². The van der Waals surface area contributed by atoms with E-state index in [1.807, 2.05) is 48.5 Å². The van der Waals surface area contributed by atoms with Crippen LogP contribution in [0.5, 0.6) is 0 Å². The van der Waals surface area contributed by atoms with Gasteiger partial charge in [0.2, 0.25) is 5.28 Å². The predicted molar refractivity (Wildman–Crippen MR) is 109 cm³/mol. The average molecular weight is 396 g/mol. The lowest BCUT2D eigenvalue weighted by Crippen LogP contribution is -2.09. The molecule has 0 spiro atoms. The zero-order chi connectivity index (χ0) is 18.6. The third-order valence-corrected chi connectivity index (χ3v) is 4.49.